The van der Waals surface area contributed by atoms with Crippen LogP contribution in [0.1, 0.15) is 37.3 Å². The van der Waals surface area contributed by atoms with Crippen molar-refractivity contribution in [2.24, 2.45) is 4.99 Å². The number of amides is 2. The number of imide groups is 1. The third kappa shape index (κ3) is 5.47. The van der Waals surface area contributed by atoms with E-state index in [0.717, 1.165) is 16.9 Å². The predicted molar refractivity (Wildman–Crippen MR) is 101 cm³/mol. The molecule has 0 bridgehead atoms. The first-order chi connectivity index (χ1) is 12.5. The highest BCUT2D eigenvalue weighted by Crippen LogP contribution is 2.20. The average molecular weight is 360 g/mol. The van der Waals surface area contributed by atoms with Gasteiger partial charge in [-0.25, -0.2) is 0 Å². The summed E-state index contributed by atoms with van der Waals surface area (Å²) in [4.78, 5) is 29.1. The number of hydrogen-bond donors (Lipinski definition) is 2. The molecule has 1 aromatic rings. The van der Waals surface area contributed by atoms with Crippen LogP contribution < -0.4 is 15.4 Å². The minimum atomic E-state index is -0.0907. The molecule has 0 aliphatic carbocycles. The van der Waals surface area contributed by atoms with E-state index >= 15 is 0 Å². The van der Waals surface area contributed by atoms with Crippen molar-refractivity contribution in [3.63, 3.8) is 0 Å². The van der Waals surface area contributed by atoms with Crippen LogP contribution in [0.3, 0.4) is 0 Å². The number of rotatable bonds is 7. The predicted octanol–water partition coefficient (Wildman–Crippen LogP) is 1.60. The topological polar surface area (TPSA) is 83.0 Å². The number of hydrogen-bond acceptors (Lipinski definition) is 4. The molecular weight excluding hydrogens is 332 g/mol. The maximum absolute atomic E-state index is 11.8. The Morgan fingerprint density at radius 1 is 1.23 bits per heavy atom. The van der Waals surface area contributed by atoms with Gasteiger partial charge in [-0.15, -0.1) is 0 Å². The monoisotopic (exact) mass is 360 g/mol. The molecule has 1 aliphatic rings. The Morgan fingerprint density at radius 2 is 1.96 bits per heavy atom. The van der Waals surface area contributed by atoms with Gasteiger partial charge in [-0.05, 0) is 31.9 Å². The van der Waals surface area contributed by atoms with Crippen LogP contribution in [-0.2, 0) is 16.1 Å². The van der Waals surface area contributed by atoms with Gasteiger partial charge in [-0.2, -0.15) is 0 Å². The molecule has 7 nitrogen and oxygen atoms in total. The molecule has 0 saturated carbocycles. The molecule has 1 saturated heterocycles. The minimum Gasteiger partial charge on any atom is -0.494 e. The number of carbonyl (C=O) groups excluding carboxylic acids is 2. The smallest absolute Gasteiger partial charge is 0.229 e. The Morgan fingerprint density at radius 3 is 2.62 bits per heavy atom. The zero-order chi connectivity index (χ0) is 18.9. The molecule has 0 atom stereocenters. The molecule has 2 rings (SSSR count). The number of ether oxygens (including phenoxy) is 1. The zero-order valence-corrected chi connectivity index (χ0v) is 15.8. The first kappa shape index (κ1) is 19.8. The summed E-state index contributed by atoms with van der Waals surface area (Å²) in [5, 5.41) is 6.38. The first-order valence-electron chi connectivity index (χ1n) is 9.05. The van der Waals surface area contributed by atoms with Gasteiger partial charge in [0, 0.05) is 45.1 Å². The fraction of sp³-hybridized carbons (Fsp3) is 0.526. The van der Waals surface area contributed by atoms with Crippen LogP contribution in [0.4, 0.5) is 0 Å². The van der Waals surface area contributed by atoms with Crippen LogP contribution in [0.15, 0.2) is 23.2 Å². The highest BCUT2D eigenvalue weighted by atomic mass is 16.5. The zero-order valence-electron chi connectivity index (χ0n) is 15.8. The van der Waals surface area contributed by atoms with E-state index in [1.165, 1.54) is 4.90 Å². The Balaban J connectivity index is 1.84. The highest BCUT2D eigenvalue weighted by Gasteiger charge is 2.25. The molecule has 142 valence electrons. The second-order valence-electron chi connectivity index (χ2n) is 6.19. The maximum atomic E-state index is 11.8. The van der Waals surface area contributed by atoms with Crippen molar-refractivity contribution >= 4 is 17.8 Å². The SMILES string of the molecule is CCOc1cc(C)ccc1CNC(=NC)NCCN1C(=O)CCCC1=O. The minimum absolute atomic E-state index is 0.0907. The number of nitrogens with zero attached hydrogens (tertiary/aromatic N) is 2. The van der Waals surface area contributed by atoms with E-state index in [1.807, 2.05) is 32.0 Å². The van der Waals surface area contributed by atoms with Gasteiger partial charge in [0.15, 0.2) is 5.96 Å². The van der Waals surface area contributed by atoms with Gasteiger partial charge in [0.1, 0.15) is 5.75 Å². The van der Waals surface area contributed by atoms with Crippen molar-refractivity contribution < 1.29 is 14.3 Å². The van der Waals surface area contributed by atoms with Gasteiger partial charge in [-0.1, -0.05) is 12.1 Å². The van der Waals surface area contributed by atoms with Gasteiger partial charge in [-0.3, -0.25) is 19.5 Å². The van der Waals surface area contributed by atoms with Crippen molar-refractivity contribution in [3.05, 3.63) is 29.3 Å². The van der Waals surface area contributed by atoms with E-state index in [9.17, 15) is 9.59 Å². The molecule has 2 N–H and O–H groups in total. The number of nitrogens with one attached hydrogen (secondary N) is 2. The standard InChI is InChI=1S/C19H28N4O3/c1-4-26-16-12-14(2)8-9-15(16)13-22-19(20-3)21-10-11-23-17(24)6-5-7-18(23)25/h8-9,12H,4-7,10-11,13H2,1-3H3,(H2,20,21,22). The lowest BCUT2D eigenvalue weighted by molar-refractivity contribution is -0.147. The van der Waals surface area contributed by atoms with Gasteiger partial charge < -0.3 is 15.4 Å². The third-order valence-electron chi connectivity index (χ3n) is 4.20. The lowest BCUT2D eigenvalue weighted by atomic mass is 10.1. The molecule has 1 heterocycles. The normalized spacial score (nSPS) is 15.2. The van der Waals surface area contributed by atoms with Crippen molar-refractivity contribution in [2.45, 2.75) is 39.7 Å². The number of carbonyl (C=O) groups is 2. The molecule has 7 heteroatoms. The van der Waals surface area contributed by atoms with E-state index in [4.69, 9.17) is 4.74 Å². The van der Waals surface area contributed by atoms with Crippen LogP contribution in [0.25, 0.3) is 0 Å². The second kappa shape index (κ2) is 9.79. The number of likely N-dealkylation sites (tertiary alicyclic amines) is 1. The first-order valence-corrected chi connectivity index (χ1v) is 9.05. The molecule has 0 spiro atoms. The van der Waals surface area contributed by atoms with Crippen LogP contribution in [0.2, 0.25) is 0 Å². The quantitative estimate of drug-likeness (QED) is 0.438. The maximum Gasteiger partial charge on any atom is 0.229 e. The van der Waals surface area contributed by atoms with Gasteiger partial charge in [0.25, 0.3) is 0 Å². The number of piperidine rings is 1. The third-order valence-corrected chi connectivity index (χ3v) is 4.20. The molecule has 26 heavy (non-hydrogen) atoms. The molecule has 0 radical (unpaired) electrons. The van der Waals surface area contributed by atoms with Gasteiger partial charge in [0.05, 0.1) is 6.61 Å². The number of aliphatic imine (C=N–C) groups is 1. The Bertz CT molecular complexity index is 657. The average Bonchev–Trinajstić information content (AvgIpc) is 2.62. The second-order valence-corrected chi connectivity index (χ2v) is 6.19. The molecule has 0 aromatic heterocycles. The van der Waals surface area contributed by atoms with Crippen molar-refractivity contribution in [1.82, 2.24) is 15.5 Å². The van der Waals surface area contributed by atoms with E-state index in [1.54, 1.807) is 7.05 Å². The molecule has 1 fully saturated rings. The fourth-order valence-electron chi connectivity index (χ4n) is 2.83. The molecular formula is C19H28N4O3. The van der Waals surface area contributed by atoms with Crippen molar-refractivity contribution in [3.8, 4) is 5.75 Å². The summed E-state index contributed by atoms with van der Waals surface area (Å²) in [6.45, 7) is 5.99. The molecule has 1 aromatic carbocycles. The lowest BCUT2D eigenvalue weighted by Gasteiger charge is -2.25. The number of aryl methyl sites for hydroxylation is 1. The largest absolute Gasteiger partial charge is 0.494 e. The summed E-state index contributed by atoms with van der Waals surface area (Å²) in [5.74, 6) is 1.30. The van der Waals surface area contributed by atoms with E-state index in [0.29, 0.717) is 51.5 Å². The van der Waals surface area contributed by atoms with Crippen LogP contribution in [0, 0.1) is 6.92 Å². The summed E-state index contributed by atoms with van der Waals surface area (Å²) in [7, 11) is 1.69. The molecule has 0 unspecified atom stereocenters. The van der Waals surface area contributed by atoms with Gasteiger partial charge >= 0.3 is 0 Å². The summed E-state index contributed by atoms with van der Waals surface area (Å²) >= 11 is 0. The summed E-state index contributed by atoms with van der Waals surface area (Å²) in [5.41, 5.74) is 2.19. The Kier molecular flexibility index (Phi) is 7.44. The van der Waals surface area contributed by atoms with E-state index in [-0.39, 0.29) is 11.8 Å². The van der Waals surface area contributed by atoms with Crippen LogP contribution in [0.5, 0.6) is 5.75 Å². The highest BCUT2D eigenvalue weighted by molar-refractivity contribution is 5.97. The summed E-state index contributed by atoms with van der Waals surface area (Å²) in [6, 6.07) is 6.10. The number of benzene rings is 1. The van der Waals surface area contributed by atoms with Crippen molar-refractivity contribution in [2.75, 3.05) is 26.7 Å². The van der Waals surface area contributed by atoms with Crippen molar-refractivity contribution in [1.29, 1.82) is 0 Å². The summed E-state index contributed by atoms with van der Waals surface area (Å²) in [6.07, 6.45) is 1.56. The number of guanidine groups is 1. The lowest BCUT2D eigenvalue weighted by Crippen LogP contribution is -2.46. The van der Waals surface area contributed by atoms with E-state index in [2.05, 4.69) is 15.6 Å². The van der Waals surface area contributed by atoms with E-state index < -0.39 is 0 Å². The molecule has 1 aliphatic heterocycles. The Hall–Kier alpha value is -2.57. The fourth-order valence-corrected chi connectivity index (χ4v) is 2.83. The molecule has 2 amide bonds. The Labute approximate surface area is 154 Å². The van der Waals surface area contributed by atoms with Crippen LogP contribution in [-0.4, -0.2) is 49.4 Å². The van der Waals surface area contributed by atoms with Crippen LogP contribution >= 0.6 is 0 Å². The van der Waals surface area contributed by atoms with Gasteiger partial charge in [0.2, 0.25) is 11.8 Å². The summed E-state index contributed by atoms with van der Waals surface area (Å²) < 4.78 is 5.69.